The van der Waals surface area contributed by atoms with Crippen molar-refractivity contribution in [1.29, 1.82) is 0 Å². The van der Waals surface area contributed by atoms with Gasteiger partial charge in [-0.1, -0.05) is 19.4 Å². The molecule has 116 valence electrons. The Kier molecular flexibility index (Phi) is 5.00. The minimum Gasteiger partial charge on any atom is -0.481 e. The Bertz CT molecular complexity index is 502. The third-order valence-corrected chi connectivity index (χ3v) is 5.12. The van der Waals surface area contributed by atoms with Gasteiger partial charge in [0.2, 0.25) is 5.91 Å². The zero-order valence-electron chi connectivity index (χ0n) is 12.1. The molecule has 1 aromatic rings. The van der Waals surface area contributed by atoms with Crippen LogP contribution >= 0.6 is 11.3 Å². The van der Waals surface area contributed by atoms with Crippen molar-refractivity contribution in [2.75, 3.05) is 13.1 Å². The molecule has 1 amide bonds. The molecule has 2 heterocycles. The van der Waals surface area contributed by atoms with Crippen LogP contribution in [0, 0.1) is 5.41 Å². The van der Waals surface area contributed by atoms with E-state index in [-0.39, 0.29) is 12.5 Å². The molecule has 0 saturated carbocycles. The SMILES string of the molecule is CCC[C@]1(C(=O)O)CCN(C(=O)Cc2cccs2)C[C@H]1O. The lowest BCUT2D eigenvalue weighted by molar-refractivity contribution is -0.167. The van der Waals surface area contributed by atoms with Gasteiger partial charge in [-0.25, -0.2) is 0 Å². The first kappa shape index (κ1) is 16.0. The number of nitrogens with zero attached hydrogens (tertiary/aromatic N) is 1. The summed E-state index contributed by atoms with van der Waals surface area (Å²) in [6.07, 6.45) is 0.769. The number of rotatable bonds is 5. The van der Waals surface area contributed by atoms with Crippen LogP contribution in [0.3, 0.4) is 0 Å². The van der Waals surface area contributed by atoms with Crippen molar-refractivity contribution in [2.45, 2.75) is 38.7 Å². The molecule has 2 atom stereocenters. The van der Waals surface area contributed by atoms with E-state index in [4.69, 9.17) is 0 Å². The quantitative estimate of drug-likeness (QED) is 0.868. The fraction of sp³-hybridized carbons (Fsp3) is 0.600. The fourth-order valence-electron chi connectivity index (χ4n) is 2.97. The van der Waals surface area contributed by atoms with Crippen molar-refractivity contribution in [2.24, 2.45) is 5.41 Å². The van der Waals surface area contributed by atoms with E-state index in [2.05, 4.69) is 0 Å². The number of aliphatic hydroxyl groups excluding tert-OH is 1. The highest BCUT2D eigenvalue weighted by Crippen LogP contribution is 2.37. The molecule has 0 aliphatic carbocycles. The summed E-state index contributed by atoms with van der Waals surface area (Å²) in [5, 5.41) is 21.7. The van der Waals surface area contributed by atoms with E-state index in [1.165, 1.54) is 11.3 Å². The van der Waals surface area contributed by atoms with Crippen molar-refractivity contribution in [3.8, 4) is 0 Å². The number of carbonyl (C=O) groups excluding carboxylic acids is 1. The molecule has 0 spiro atoms. The topological polar surface area (TPSA) is 77.8 Å². The van der Waals surface area contributed by atoms with Crippen LogP contribution < -0.4 is 0 Å². The predicted molar refractivity (Wildman–Crippen MR) is 80.2 cm³/mol. The van der Waals surface area contributed by atoms with Gasteiger partial charge in [0.25, 0.3) is 0 Å². The van der Waals surface area contributed by atoms with Crippen LogP contribution in [0.5, 0.6) is 0 Å². The number of amides is 1. The molecule has 1 aliphatic rings. The molecule has 2 rings (SSSR count). The van der Waals surface area contributed by atoms with Crippen molar-refractivity contribution in [3.63, 3.8) is 0 Å². The highest BCUT2D eigenvalue weighted by molar-refractivity contribution is 7.10. The number of carboxylic acid groups (broad SMARTS) is 1. The van der Waals surface area contributed by atoms with Crippen molar-refractivity contribution in [1.82, 2.24) is 4.90 Å². The minimum atomic E-state index is -1.10. The van der Waals surface area contributed by atoms with Gasteiger partial charge in [0.05, 0.1) is 17.9 Å². The molecule has 0 aromatic carbocycles. The van der Waals surface area contributed by atoms with Crippen molar-refractivity contribution in [3.05, 3.63) is 22.4 Å². The van der Waals surface area contributed by atoms with Gasteiger partial charge in [0, 0.05) is 18.0 Å². The summed E-state index contributed by atoms with van der Waals surface area (Å²) in [6.45, 7) is 2.41. The summed E-state index contributed by atoms with van der Waals surface area (Å²) < 4.78 is 0. The Morgan fingerprint density at radius 3 is 2.81 bits per heavy atom. The fourth-order valence-corrected chi connectivity index (χ4v) is 3.67. The molecular formula is C15H21NO4S. The monoisotopic (exact) mass is 311 g/mol. The van der Waals surface area contributed by atoms with E-state index in [1.807, 2.05) is 24.4 Å². The summed E-state index contributed by atoms with van der Waals surface area (Å²) in [5.41, 5.74) is -1.10. The molecule has 2 N–H and O–H groups in total. The average molecular weight is 311 g/mol. The lowest BCUT2D eigenvalue weighted by Gasteiger charge is -2.42. The summed E-state index contributed by atoms with van der Waals surface area (Å²) in [5.74, 6) is -1.01. The van der Waals surface area contributed by atoms with Gasteiger partial charge in [0.1, 0.15) is 0 Å². The second kappa shape index (κ2) is 6.58. The summed E-state index contributed by atoms with van der Waals surface area (Å²) >= 11 is 1.52. The molecule has 1 aliphatic heterocycles. The second-order valence-electron chi connectivity index (χ2n) is 5.57. The predicted octanol–water partition coefficient (Wildman–Crippen LogP) is 1.75. The van der Waals surface area contributed by atoms with Gasteiger partial charge in [0.15, 0.2) is 0 Å². The third kappa shape index (κ3) is 3.27. The molecule has 0 radical (unpaired) electrons. The van der Waals surface area contributed by atoms with Gasteiger partial charge in [-0.05, 0) is 24.3 Å². The largest absolute Gasteiger partial charge is 0.481 e. The van der Waals surface area contributed by atoms with Crippen LogP contribution in [0.15, 0.2) is 17.5 Å². The average Bonchev–Trinajstić information content (AvgIpc) is 2.93. The minimum absolute atomic E-state index is 0.0491. The van der Waals surface area contributed by atoms with E-state index >= 15 is 0 Å². The summed E-state index contributed by atoms with van der Waals surface area (Å²) in [6, 6.07) is 3.80. The van der Waals surface area contributed by atoms with E-state index in [0.29, 0.717) is 32.2 Å². The first-order valence-corrected chi connectivity index (χ1v) is 8.09. The van der Waals surface area contributed by atoms with Gasteiger partial charge >= 0.3 is 5.97 Å². The first-order valence-electron chi connectivity index (χ1n) is 7.21. The molecular weight excluding hydrogens is 290 g/mol. The number of thiophene rings is 1. The van der Waals surface area contributed by atoms with Gasteiger partial charge < -0.3 is 15.1 Å². The molecule has 1 fully saturated rings. The van der Waals surface area contributed by atoms with Crippen molar-refractivity contribution >= 4 is 23.2 Å². The van der Waals surface area contributed by atoms with Crippen molar-refractivity contribution < 1.29 is 19.8 Å². The highest BCUT2D eigenvalue weighted by atomic mass is 32.1. The number of likely N-dealkylation sites (tertiary alicyclic amines) is 1. The molecule has 6 heteroatoms. The number of aliphatic hydroxyl groups is 1. The maximum absolute atomic E-state index is 12.2. The smallest absolute Gasteiger partial charge is 0.312 e. The molecule has 0 unspecified atom stereocenters. The van der Waals surface area contributed by atoms with Gasteiger partial charge in [-0.15, -0.1) is 11.3 Å². The summed E-state index contributed by atoms with van der Waals surface area (Å²) in [7, 11) is 0. The van der Waals surface area contributed by atoms with Crippen LogP contribution in [0.2, 0.25) is 0 Å². The van der Waals surface area contributed by atoms with Gasteiger partial charge in [-0.3, -0.25) is 9.59 Å². The Morgan fingerprint density at radius 1 is 1.52 bits per heavy atom. The normalized spacial score (nSPS) is 25.8. The number of carbonyl (C=O) groups is 2. The Balaban J connectivity index is 2.02. The Hall–Kier alpha value is -1.40. The zero-order valence-corrected chi connectivity index (χ0v) is 12.9. The standard InChI is InChI=1S/C15H21NO4S/c1-2-5-15(14(19)20)6-7-16(10-12(15)17)13(18)9-11-4-3-8-21-11/h3-4,8,12,17H,2,5-7,9-10H2,1H3,(H,19,20)/t12-,15+/m1/s1. The number of β-amino-alcohol motifs (C(OH)–C–C–N with tert-alkyl or cyclic N) is 1. The van der Waals surface area contributed by atoms with Crippen LogP contribution in [0.4, 0.5) is 0 Å². The number of piperidine rings is 1. The Labute approximate surface area is 128 Å². The molecule has 1 aromatic heterocycles. The van der Waals surface area contributed by atoms with E-state index < -0.39 is 17.5 Å². The molecule has 0 bridgehead atoms. The number of carboxylic acids is 1. The number of hydrogen-bond acceptors (Lipinski definition) is 4. The van der Waals surface area contributed by atoms with Crippen LogP contribution in [0.1, 0.15) is 31.1 Å². The lowest BCUT2D eigenvalue weighted by Crippen LogP contribution is -2.56. The maximum atomic E-state index is 12.2. The summed E-state index contributed by atoms with van der Waals surface area (Å²) in [4.78, 5) is 26.3. The third-order valence-electron chi connectivity index (χ3n) is 4.24. The zero-order chi connectivity index (χ0) is 15.5. The van der Waals surface area contributed by atoms with Crippen LogP contribution in [-0.2, 0) is 16.0 Å². The van der Waals surface area contributed by atoms with Crippen LogP contribution in [-0.4, -0.2) is 46.2 Å². The van der Waals surface area contributed by atoms with E-state index in [1.54, 1.807) is 4.90 Å². The van der Waals surface area contributed by atoms with Gasteiger partial charge in [-0.2, -0.15) is 0 Å². The van der Waals surface area contributed by atoms with Crippen LogP contribution in [0.25, 0.3) is 0 Å². The van der Waals surface area contributed by atoms with E-state index in [9.17, 15) is 19.8 Å². The number of aliphatic carboxylic acids is 1. The second-order valence-corrected chi connectivity index (χ2v) is 6.61. The Morgan fingerprint density at radius 2 is 2.29 bits per heavy atom. The number of hydrogen-bond donors (Lipinski definition) is 2. The first-order chi connectivity index (χ1) is 9.99. The molecule has 21 heavy (non-hydrogen) atoms. The highest BCUT2D eigenvalue weighted by Gasteiger charge is 2.48. The molecule has 5 nitrogen and oxygen atoms in total. The lowest BCUT2D eigenvalue weighted by atomic mass is 9.73. The maximum Gasteiger partial charge on any atom is 0.312 e. The molecule has 1 saturated heterocycles. The van der Waals surface area contributed by atoms with E-state index in [0.717, 1.165) is 4.88 Å².